The number of aromatic nitrogens is 2. The molecule has 0 unspecified atom stereocenters. The van der Waals surface area contributed by atoms with Gasteiger partial charge < -0.3 is 15.5 Å². The quantitative estimate of drug-likeness (QED) is 0.409. The van der Waals surface area contributed by atoms with E-state index in [2.05, 4.69) is 31.4 Å². The summed E-state index contributed by atoms with van der Waals surface area (Å²) < 4.78 is 15.1. The minimum absolute atomic E-state index is 0.0957. The summed E-state index contributed by atoms with van der Waals surface area (Å²) >= 11 is 5.81. The van der Waals surface area contributed by atoms with Crippen molar-refractivity contribution in [3.8, 4) is 5.69 Å². The fourth-order valence-corrected chi connectivity index (χ4v) is 3.63. The van der Waals surface area contributed by atoms with E-state index >= 15 is 0 Å². The summed E-state index contributed by atoms with van der Waals surface area (Å²) in [6.07, 6.45) is 0.653. The van der Waals surface area contributed by atoms with Gasteiger partial charge in [0.1, 0.15) is 18.2 Å². The maximum absolute atomic E-state index is 13.4. The third kappa shape index (κ3) is 6.82. The van der Waals surface area contributed by atoms with E-state index in [9.17, 15) is 14.0 Å². The first kappa shape index (κ1) is 26.2. The first-order valence-corrected chi connectivity index (χ1v) is 11.8. The normalized spacial score (nSPS) is 11.3. The second-order valence-corrected chi connectivity index (χ2v) is 9.85. The van der Waals surface area contributed by atoms with E-state index in [1.807, 2.05) is 44.2 Å². The number of urea groups is 1. The zero-order valence-corrected chi connectivity index (χ0v) is 21.4. The van der Waals surface area contributed by atoms with Gasteiger partial charge in [-0.25, -0.2) is 13.9 Å². The molecule has 3 aromatic rings. The number of benzene rings is 2. The second kappa shape index (κ2) is 10.9. The minimum Gasteiger partial charge on any atom is -0.315 e. The third-order valence-electron chi connectivity index (χ3n) is 5.28. The molecule has 0 spiro atoms. The maximum atomic E-state index is 13.4. The summed E-state index contributed by atoms with van der Waals surface area (Å²) in [5.41, 5.74) is 2.84. The van der Waals surface area contributed by atoms with Gasteiger partial charge in [0.2, 0.25) is 5.91 Å². The maximum Gasteiger partial charge on any atom is 0.322 e. The van der Waals surface area contributed by atoms with Gasteiger partial charge in [0, 0.05) is 23.7 Å². The van der Waals surface area contributed by atoms with E-state index in [1.165, 1.54) is 23.1 Å². The predicted molar refractivity (Wildman–Crippen MR) is 138 cm³/mol. The molecule has 35 heavy (non-hydrogen) atoms. The highest BCUT2D eigenvalue weighted by Crippen LogP contribution is 2.27. The molecule has 0 saturated heterocycles. The zero-order chi connectivity index (χ0) is 25.8. The highest BCUT2D eigenvalue weighted by atomic mass is 35.5. The number of carbonyl (C=O) groups is 2. The van der Waals surface area contributed by atoms with Crippen molar-refractivity contribution in [2.24, 2.45) is 0 Å². The molecule has 3 rings (SSSR count). The van der Waals surface area contributed by atoms with E-state index in [1.54, 1.807) is 4.68 Å². The van der Waals surface area contributed by atoms with Crippen LogP contribution in [0.3, 0.4) is 0 Å². The van der Waals surface area contributed by atoms with Crippen molar-refractivity contribution in [2.75, 3.05) is 23.7 Å². The van der Waals surface area contributed by atoms with Crippen LogP contribution in [-0.2, 0) is 10.2 Å². The number of nitrogens with one attached hydrogen (secondary N) is 2. The van der Waals surface area contributed by atoms with Gasteiger partial charge >= 0.3 is 6.03 Å². The summed E-state index contributed by atoms with van der Waals surface area (Å²) in [6, 6.07) is 13.1. The van der Waals surface area contributed by atoms with Gasteiger partial charge in [-0.2, -0.15) is 5.10 Å². The molecule has 0 fully saturated rings. The Hall–Kier alpha value is -3.39. The Kier molecular flexibility index (Phi) is 8.17. The summed E-state index contributed by atoms with van der Waals surface area (Å²) in [7, 11) is 0. The first-order valence-electron chi connectivity index (χ1n) is 11.5. The van der Waals surface area contributed by atoms with Crippen LogP contribution in [-0.4, -0.2) is 39.7 Å². The van der Waals surface area contributed by atoms with Crippen molar-refractivity contribution in [2.45, 2.75) is 46.5 Å². The van der Waals surface area contributed by atoms with Gasteiger partial charge in [0.25, 0.3) is 0 Å². The number of amides is 3. The average molecular weight is 500 g/mol. The molecule has 0 bridgehead atoms. The first-order chi connectivity index (χ1) is 16.5. The molecule has 186 valence electrons. The SMILES string of the molecule is CCCN(CC(=O)Nc1cc(C(C)(C)C)nn1-c1cccc(C)c1)C(=O)Nc1ccc(F)c(Cl)c1. The van der Waals surface area contributed by atoms with Gasteiger partial charge in [-0.3, -0.25) is 4.79 Å². The lowest BCUT2D eigenvalue weighted by atomic mass is 9.92. The number of anilines is 2. The number of hydrogen-bond donors (Lipinski definition) is 2. The molecule has 2 N–H and O–H groups in total. The molecule has 7 nitrogen and oxygen atoms in total. The van der Waals surface area contributed by atoms with Crippen molar-refractivity contribution in [3.63, 3.8) is 0 Å². The fraction of sp³-hybridized carbons (Fsp3) is 0.346. The van der Waals surface area contributed by atoms with Crippen molar-refractivity contribution in [1.29, 1.82) is 0 Å². The van der Waals surface area contributed by atoms with Crippen LogP contribution >= 0.6 is 11.6 Å². The molecule has 0 radical (unpaired) electrons. The Labute approximate surface area is 210 Å². The molecule has 0 atom stereocenters. The van der Waals surface area contributed by atoms with E-state index in [-0.39, 0.29) is 22.9 Å². The van der Waals surface area contributed by atoms with Crippen LogP contribution in [0.4, 0.5) is 20.7 Å². The van der Waals surface area contributed by atoms with E-state index in [4.69, 9.17) is 16.7 Å². The second-order valence-electron chi connectivity index (χ2n) is 9.44. The standard InChI is InChI=1S/C26H31ClFN5O2/c1-6-12-32(25(35)29-18-10-11-21(28)20(27)14-18)16-24(34)30-23-15-22(26(3,4)5)31-33(23)19-9-7-8-17(2)13-19/h7-11,13-15H,6,12,16H2,1-5H3,(H,29,35)(H,30,34). The lowest BCUT2D eigenvalue weighted by Gasteiger charge is -2.22. The van der Waals surface area contributed by atoms with Gasteiger partial charge in [-0.05, 0) is 49.2 Å². The Morgan fingerprint density at radius 3 is 2.49 bits per heavy atom. The molecular formula is C26H31ClFN5O2. The molecule has 0 aliphatic heterocycles. The highest BCUT2D eigenvalue weighted by Gasteiger charge is 2.23. The summed E-state index contributed by atoms with van der Waals surface area (Å²) in [5, 5.41) is 10.2. The van der Waals surface area contributed by atoms with Crippen LogP contribution < -0.4 is 10.6 Å². The van der Waals surface area contributed by atoms with Crippen molar-refractivity contribution in [1.82, 2.24) is 14.7 Å². The lowest BCUT2D eigenvalue weighted by molar-refractivity contribution is -0.116. The monoisotopic (exact) mass is 499 g/mol. The number of hydrogen-bond acceptors (Lipinski definition) is 3. The van der Waals surface area contributed by atoms with Gasteiger partial charge in [-0.15, -0.1) is 0 Å². The van der Waals surface area contributed by atoms with E-state index in [0.29, 0.717) is 24.5 Å². The topological polar surface area (TPSA) is 79.3 Å². The fourth-order valence-electron chi connectivity index (χ4n) is 3.45. The van der Waals surface area contributed by atoms with Crippen LogP contribution in [0.1, 0.15) is 45.4 Å². The van der Waals surface area contributed by atoms with E-state index < -0.39 is 11.8 Å². The zero-order valence-electron chi connectivity index (χ0n) is 20.7. The molecule has 1 aromatic heterocycles. The number of nitrogens with zero attached hydrogens (tertiary/aromatic N) is 3. The molecule has 0 aliphatic rings. The van der Waals surface area contributed by atoms with Crippen LogP contribution in [0, 0.1) is 12.7 Å². The van der Waals surface area contributed by atoms with E-state index in [0.717, 1.165) is 16.9 Å². The number of carbonyl (C=O) groups excluding carboxylic acids is 2. The number of halogens is 2. The smallest absolute Gasteiger partial charge is 0.315 e. The Balaban J connectivity index is 1.80. The molecular weight excluding hydrogens is 469 g/mol. The van der Waals surface area contributed by atoms with Crippen molar-refractivity contribution < 1.29 is 14.0 Å². The number of aryl methyl sites for hydroxylation is 1. The van der Waals surface area contributed by atoms with Gasteiger partial charge in [-0.1, -0.05) is 51.4 Å². The molecule has 3 amide bonds. The molecule has 2 aromatic carbocycles. The Bertz CT molecular complexity index is 1220. The number of rotatable bonds is 7. The highest BCUT2D eigenvalue weighted by molar-refractivity contribution is 6.31. The Morgan fingerprint density at radius 2 is 1.86 bits per heavy atom. The van der Waals surface area contributed by atoms with Crippen LogP contribution in [0.2, 0.25) is 5.02 Å². The van der Waals surface area contributed by atoms with Crippen LogP contribution in [0.15, 0.2) is 48.5 Å². The minimum atomic E-state index is -0.575. The van der Waals surface area contributed by atoms with Crippen LogP contribution in [0.25, 0.3) is 5.69 Å². The van der Waals surface area contributed by atoms with Crippen molar-refractivity contribution in [3.05, 3.63) is 70.6 Å². The average Bonchev–Trinajstić information content (AvgIpc) is 3.20. The summed E-state index contributed by atoms with van der Waals surface area (Å²) in [4.78, 5) is 27.2. The molecule has 0 saturated carbocycles. The Morgan fingerprint density at radius 1 is 1.11 bits per heavy atom. The largest absolute Gasteiger partial charge is 0.322 e. The van der Waals surface area contributed by atoms with Gasteiger partial charge in [0.15, 0.2) is 0 Å². The summed E-state index contributed by atoms with van der Waals surface area (Å²) in [6.45, 7) is 10.3. The third-order valence-corrected chi connectivity index (χ3v) is 5.57. The summed E-state index contributed by atoms with van der Waals surface area (Å²) in [5.74, 6) is -0.415. The molecule has 9 heteroatoms. The lowest BCUT2D eigenvalue weighted by Crippen LogP contribution is -2.41. The molecule has 0 aliphatic carbocycles. The van der Waals surface area contributed by atoms with Crippen molar-refractivity contribution >= 4 is 35.0 Å². The molecule has 1 heterocycles. The predicted octanol–water partition coefficient (Wildman–Crippen LogP) is 6.15. The van der Waals surface area contributed by atoms with Gasteiger partial charge in [0.05, 0.1) is 16.4 Å². The van der Waals surface area contributed by atoms with Crippen LogP contribution in [0.5, 0.6) is 0 Å².